The maximum absolute atomic E-state index is 12.3. The Hall–Kier alpha value is -1.87. The Kier molecular flexibility index (Phi) is 3.58. The van der Waals surface area contributed by atoms with Crippen LogP contribution in [0.15, 0.2) is 54.8 Å². The lowest BCUT2D eigenvalue weighted by Gasteiger charge is -2.21. The smallest absolute Gasteiger partial charge is 0.202 e. The van der Waals surface area contributed by atoms with E-state index < -0.39 is 5.41 Å². The largest absolute Gasteiger partial charge is 0.512 e. The van der Waals surface area contributed by atoms with Gasteiger partial charge in [0, 0.05) is 10.4 Å². The Balaban J connectivity index is 2.32. The van der Waals surface area contributed by atoms with E-state index in [0.717, 1.165) is 4.88 Å². The lowest BCUT2D eigenvalue weighted by Crippen LogP contribution is -2.17. The number of thiophene rings is 1. The summed E-state index contributed by atoms with van der Waals surface area (Å²) < 4.78 is 0. The van der Waals surface area contributed by atoms with E-state index in [1.165, 1.54) is 11.3 Å². The van der Waals surface area contributed by atoms with Gasteiger partial charge in [0.25, 0.3) is 0 Å². The molecular formula is C16H16O2S. The first-order valence-corrected chi connectivity index (χ1v) is 6.83. The summed E-state index contributed by atoms with van der Waals surface area (Å²) in [6, 6.07) is 12.9. The predicted molar refractivity (Wildman–Crippen MR) is 79.0 cm³/mol. The van der Waals surface area contributed by atoms with Crippen LogP contribution in [0.4, 0.5) is 0 Å². The average molecular weight is 272 g/mol. The third-order valence-corrected chi connectivity index (χ3v) is 4.61. The van der Waals surface area contributed by atoms with Crippen LogP contribution in [0.25, 0.3) is 0 Å². The molecule has 0 aliphatic carbocycles. The summed E-state index contributed by atoms with van der Waals surface area (Å²) in [4.78, 5) is 13.9. The van der Waals surface area contributed by atoms with Crippen molar-refractivity contribution in [2.24, 2.45) is 0 Å². The Morgan fingerprint density at radius 3 is 2.37 bits per heavy atom. The van der Waals surface area contributed by atoms with Gasteiger partial charge in [-0.15, -0.1) is 11.3 Å². The second-order valence-corrected chi connectivity index (χ2v) is 6.01. The van der Waals surface area contributed by atoms with Gasteiger partial charge >= 0.3 is 0 Å². The van der Waals surface area contributed by atoms with Gasteiger partial charge in [-0.3, -0.25) is 4.79 Å². The number of aliphatic hydroxyl groups excluding tert-OH is 1. The molecule has 1 aromatic heterocycles. The zero-order valence-electron chi connectivity index (χ0n) is 11.0. The van der Waals surface area contributed by atoms with E-state index in [1.54, 1.807) is 18.2 Å². The van der Waals surface area contributed by atoms with Crippen molar-refractivity contribution < 1.29 is 9.90 Å². The molecule has 0 atom stereocenters. The third kappa shape index (κ3) is 2.61. The highest BCUT2D eigenvalue weighted by molar-refractivity contribution is 7.14. The van der Waals surface area contributed by atoms with Crippen LogP contribution < -0.4 is 0 Å². The first-order valence-electron chi connectivity index (χ1n) is 6.01. The Labute approximate surface area is 117 Å². The highest BCUT2D eigenvalue weighted by Gasteiger charge is 2.27. The van der Waals surface area contributed by atoms with Gasteiger partial charge in [-0.2, -0.15) is 0 Å². The first-order chi connectivity index (χ1) is 8.93. The number of allylic oxidation sites excluding steroid dienone is 1. The molecule has 2 rings (SSSR count). The number of hydrogen-bond donors (Lipinski definition) is 1. The fourth-order valence-corrected chi connectivity index (χ4v) is 2.76. The number of benzene rings is 1. The normalized spacial score (nSPS) is 11.3. The molecule has 0 aliphatic rings. The molecule has 1 heterocycles. The molecule has 0 unspecified atom stereocenters. The second kappa shape index (κ2) is 5.02. The summed E-state index contributed by atoms with van der Waals surface area (Å²) in [5.41, 5.74) is 0.149. The highest BCUT2D eigenvalue weighted by atomic mass is 32.1. The Bertz CT molecular complexity index is 609. The quantitative estimate of drug-likeness (QED) is 0.664. The van der Waals surface area contributed by atoms with Gasteiger partial charge in [-0.05, 0) is 26.0 Å². The van der Waals surface area contributed by atoms with Crippen molar-refractivity contribution in [3.05, 3.63) is 70.1 Å². The number of carbonyl (C=O) groups is 1. The maximum atomic E-state index is 12.3. The van der Waals surface area contributed by atoms with Crippen molar-refractivity contribution in [2.45, 2.75) is 19.3 Å². The van der Waals surface area contributed by atoms with Crippen LogP contribution >= 0.6 is 11.3 Å². The standard InChI is InChI=1S/C16H16O2S/c1-11(17)16(2,3)14-10-9-13(19-14)15(18)12-7-5-4-6-8-12/h4-10,17H,1H2,2-3H3. The summed E-state index contributed by atoms with van der Waals surface area (Å²) in [6.07, 6.45) is 0. The monoisotopic (exact) mass is 272 g/mol. The minimum Gasteiger partial charge on any atom is -0.512 e. The van der Waals surface area contributed by atoms with Gasteiger partial charge in [-0.1, -0.05) is 36.9 Å². The number of rotatable bonds is 4. The van der Waals surface area contributed by atoms with Gasteiger partial charge in [0.2, 0.25) is 5.78 Å². The van der Waals surface area contributed by atoms with Crippen molar-refractivity contribution in [2.75, 3.05) is 0 Å². The lowest BCUT2D eigenvalue weighted by atomic mass is 9.90. The summed E-state index contributed by atoms with van der Waals surface area (Å²) >= 11 is 1.40. The van der Waals surface area contributed by atoms with Crippen LogP contribution in [0.3, 0.4) is 0 Å². The second-order valence-electron chi connectivity index (χ2n) is 4.93. The van der Waals surface area contributed by atoms with Crippen LogP contribution in [0, 0.1) is 0 Å². The molecule has 1 aromatic carbocycles. The average Bonchev–Trinajstić information content (AvgIpc) is 2.89. The molecule has 3 heteroatoms. The molecule has 2 aromatic rings. The number of hydrogen-bond acceptors (Lipinski definition) is 3. The van der Waals surface area contributed by atoms with E-state index in [2.05, 4.69) is 6.58 Å². The maximum Gasteiger partial charge on any atom is 0.202 e. The van der Waals surface area contributed by atoms with Gasteiger partial charge in [0.1, 0.15) is 0 Å². The molecule has 0 fully saturated rings. The van der Waals surface area contributed by atoms with Crippen LogP contribution in [0.5, 0.6) is 0 Å². The molecule has 0 radical (unpaired) electrons. The molecule has 0 amide bonds. The summed E-state index contributed by atoms with van der Waals surface area (Å²) in [7, 11) is 0. The zero-order valence-corrected chi connectivity index (χ0v) is 11.8. The van der Waals surface area contributed by atoms with E-state index in [1.807, 2.05) is 38.1 Å². The highest BCUT2D eigenvalue weighted by Crippen LogP contribution is 2.34. The lowest BCUT2D eigenvalue weighted by molar-refractivity contribution is 0.104. The molecule has 0 spiro atoms. The van der Waals surface area contributed by atoms with E-state index in [4.69, 9.17) is 0 Å². The molecule has 2 nitrogen and oxygen atoms in total. The molecule has 0 aliphatic heterocycles. The van der Waals surface area contributed by atoms with Crippen LogP contribution in [0.1, 0.15) is 34.0 Å². The first kappa shape index (κ1) is 13.6. The molecule has 1 N–H and O–H groups in total. The molecule has 0 bridgehead atoms. The van der Waals surface area contributed by atoms with Gasteiger partial charge in [0.05, 0.1) is 16.1 Å². The van der Waals surface area contributed by atoms with Gasteiger partial charge in [0.15, 0.2) is 0 Å². The molecule has 98 valence electrons. The van der Waals surface area contributed by atoms with Gasteiger partial charge < -0.3 is 5.11 Å². The predicted octanol–water partition coefficient (Wildman–Crippen LogP) is 4.33. The number of carbonyl (C=O) groups excluding carboxylic acids is 1. The minimum atomic E-state index is -0.528. The number of aliphatic hydroxyl groups is 1. The number of ketones is 1. The van der Waals surface area contributed by atoms with Crippen molar-refractivity contribution in [3.8, 4) is 0 Å². The van der Waals surface area contributed by atoms with Crippen LogP contribution in [-0.4, -0.2) is 10.9 Å². The fourth-order valence-electron chi connectivity index (χ4n) is 1.67. The van der Waals surface area contributed by atoms with E-state index in [0.29, 0.717) is 10.4 Å². The Morgan fingerprint density at radius 1 is 1.16 bits per heavy atom. The van der Waals surface area contributed by atoms with Crippen molar-refractivity contribution in [1.82, 2.24) is 0 Å². The summed E-state index contributed by atoms with van der Waals surface area (Å²) in [5, 5.41) is 9.63. The molecule has 19 heavy (non-hydrogen) atoms. The van der Waals surface area contributed by atoms with Crippen molar-refractivity contribution in [1.29, 1.82) is 0 Å². The van der Waals surface area contributed by atoms with E-state index in [9.17, 15) is 9.90 Å². The van der Waals surface area contributed by atoms with Crippen LogP contribution in [-0.2, 0) is 5.41 Å². The minimum absolute atomic E-state index is 0.0104. The fraction of sp³-hybridized carbons (Fsp3) is 0.188. The van der Waals surface area contributed by atoms with Gasteiger partial charge in [-0.25, -0.2) is 0 Å². The molecule has 0 saturated carbocycles. The Morgan fingerprint density at radius 2 is 1.79 bits per heavy atom. The summed E-state index contributed by atoms with van der Waals surface area (Å²) in [6.45, 7) is 7.37. The van der Waals surface area contributed by atoms with Crippen LogP contribution in [0.2, 0.25) is 0 Å². The molecular weight excluding hydrogens is 256 g/mol. The summed E-state index contributed by atoms with van der Waals surface area (Å²) in [5.74, 6) is 0.115. The van der Waals surface area contributed by atoms with Crippen molar-refractivity contribution >= 4 is 17.1 Å². The third-order valence-electron chi connectivity index (χ3n) is 3.20. The zero-order chi connectivity index (χ0) is 14.0. The van der Waals surface area contributed by atoms with E-state index >= 15 is 0 Å². The topological polar surface area (TPSA) is 37.3 Å². The van der Waals surface area contributed by atoms with Crippen molar-refractivity contribution in [3.63, 3.8) is 0 Å². The SMILES string of the molecule is C=C(O)C(C)(C)c1ccc(C(=O)c2ccccc2)s1. The van der Waals surface area contributed by atoms with E-state index in [-0.39, 0.29) is 11.5 Å². The molecule has 0 saturated heterocycles.